The SMILES string of the molecule is CC(C)C(OC(=O)C(C)(C)C)n1cnnn1. The first kappa shape index (κ1) is 12.6. The lowest BCUT2D eigenvalue weighted by Gasteiger charge is -2.25. The molecule has 16 heavy (non-hydrogen) atoms. The summed E-state index contributed by atoms with van der Waals surface area (Å²) in [7, 11) is 0. The van der Waals surface area contributed by atoms with E-state index in [1.807, 2.05) is 34.6 Å². The highest BCUT2D eigenvalue weighted by Crippen LogP contribution is 2.23. The summed E-state index contributed by atoms with van der Waals surface area (Å²) >= 11 is 0. The zero-order chi connectivity index (χ0) is 12.3. The van der Waals surface area contributed by atoms with E-state index >= 15 is 0 Å². The summed E-state index contributed by atoms with van der Waals surface area (Å²) in [5.74, 6) is -0.156. The van der Waals surface area contributed by atoms with Crippen LogP contribution in [-0.2, 0) is 9.53 Å². The quantitative estimate of drug-likeness (QED) is 0.729. The fourth-order valence-corrected chi connectivity index (χ4v) is 1.07. The number of carbonyl (C=O) groups is 1. The van der Waals surface area contributed by atoms with E-state index in [2.05, 4.69) is 15.5 Å². The van der Waals surface area contributed by atoms with Gasteiger partial charge in [0.1, 0.15) is 6.33 Å². The molecular weight excluding hydrogens is 208 g/mol. The summed E-state index contributed by atoms with van der Waals surface area (Å²) in [5.41, 5.74) is -0.527. The van der Waals surface area contributed by atoms with E-state index in [0.717, 1.165) is 0 Å². The molecule has 0 aliphatic rings. The van der Waals surface area contributed by atoms with E-state index in [9.17, 15) is 4.79 Å². The third-order valence-corrected chi connectivity index (χ3v) is 2.04. The fourth-order valence-electron chi connectivity index (χ4n) is 1.07. The number of hydrogen-bond donors (Lipinski definition) is 0. The minimum absolute atomic E-state index is 0.106. The molecule has 6 nitrogen and oxygen atoms in total. The molecule has 1 aromatic rings. The van der Waals surface area contributed by atoms with Gasteiger partial charge in [-0.2, -0.15) is 4.68 Å². The summed E-state index contributed by atoms with van der Waals surface area (Å²) in [6, 6.07) is 0. The number of hydrogen-bond acceptors (Lipinski definition) is 5. The van der Waals surface area contributed by atoms with Gasteiger partial charge in [0.25, 0.3) is 0 Å². The van der Waals surface area contributed by atoms with E-state index in [4.69, 9.17) is 4.74 Å². The van der Waals surface area contributed by atoms with Crippen LogP contribution in [0, 0.1) is 11.3 Å². The summed E-state index contributed by atoms with van der Waals surface area (Å²) in [4.78, 5) is 11.8. The summed E-state index contributed by atoms with van der Waals surface area (Å²) in [6.07, 6.45) is 0.988. The van der Waals surface area contributed by atoms with Gasteiger partial charge in [-0.3, -0.25) is 4.79 Å². The van der Waals surface area contributed by atoms with Crippen LogP contribution in [0.1, 0.15) is 40.8 Å². The van der Waals surface area contributed by atoms with Crippen molar-refractivity contribution in [3.05, 3.63) is 6.33 Å². The van der Waals surface area contributed by atoms with Crippen LogP contribution < -0.4 is 0 Å². The molecule has 0 saturated heterocycles. The van der Waals surface area contributed by atoms with Gasteiger partial charge < -0.3 is 4.74 Å². The van der Waals surface area contributed by atoms with Gasteiger partial charge in [0.2, 0.25) is 0 Å². The maximum absolute atomic E-state index is 11.8. The Bertz CT molecular complexity index is 340. The molecular formula is C10H18N4O2. The number of ether oxygens (including phenoxy) is 1. The summed E-state index contributed by atoms with van der Waals surface area (Å²) in [5, 5.41) is 10.8. The second-order valence-corrected chi connectivity index (χ2v) is 5.08. The average molecular weight is 226 g/mol. The third kappa shape index (κ3) is 3.01. The highest BCUT2D eigenvalue weighted by atomic mass is 16.6. The van der Waals surface area contributed by atoms with Crippen LogP contribution in [0.25, 0.3) is 0 Å². The van der Waals surface area contributed by atoms with E-state index in [-0.39, 0.29) is 11.9 Å². The minimum Gasteiger partial charge on any atom is -0.439 e. The molecule has 1 aromatic heterocycles. The van der Waals surface area contributed by atoms with Gasteiger partial charge >= 0.3 is 5.97 Å². The topological polar surface area (TPSA) is 69.9 Å². The van der Waals surface area contributed by atoms with Gasteiger partial charge in [-0.1, -0.05) is 13.8 Å². The van der Waals surface area contributed by atoms with Crippen molar-refractivity contribution in [1.82, 2.24) is 20.2 Å². The second-order valence-electron chi connectivity index (χ2n) is 5.08. The lowest BCUT2D eigenvalue weighted by atomic mass is 9.97. The van der Waals surface area contributed by atoms with Crippen LogP contribution in [0.15, 0.2) is 6.33 Å². The number of nitrogens with zero attached hydrogens (tertiary/aromatic N) is 4. The minimum atomic E-state index is -0.527. The standard InChI is InChI=1S/C10H18N4O2/c1-7(2)8(14-6-11-12-13-14)16-9(15)10(3,4)5/h6-8H,1-5H3. The number of esters is 1. The molecule has 0 radical (unpaired) electrons. The molecule has 90 valence electrons. The smallest absolute Gasteiger partial charge is 0.313 e. The van der Waals surface area contributed by atoms with E-state index < -0.39 is 11.6 Å². The van der Waals surface area contributed by atoms with Crippen LogP contribution in [0.4, 0.5) is 0 Å². The van der Waals surface area contributed by atoms with Gasteiger partial charge in [-0.15, -0.1) is 5.10 Å². The highest BCUT2D eigenvalue weighted by Gasteiger charge is 2.29. The Kier molecular flexibility index (Phi) is 3.62. The van der Waals surface area contributed by atoms with Gasteiger partial charge in [-0.05, 0) is 31.2 Å². The van der Waals surface area contributed by atoms with E-state index in [1.165, 1.54) is 11.0 Å². The summed E-state index contributed by atoms with van der Waals surface area (Å²) < 4.78 is 6.85. The second kappa shape index (κ2) is 4.59. The van der Waals surface area contributed by atoms with Crippen molar-refractivity contribution in [3.63, 3.8) is 0 Å². The monoisotopic (exact) mass is 226 g/mol. The Hall–Kier alpha value is -1.46. The van der Waals surface area contributed by atoms with E-state index in [0.29, 0.717) is 0 Å². The predicted molar refractivity (Wildman–Crippen MR) is 57.2 cm³/mol. The van der Waals surface area contributed by atoms with E-state index in [1.54, 1.807) is 0 Å². The maximum Gasteiger partial charge on any atom is 0.313 e. The molecule has 0 aliphatic heterocycles. The molecule has 1 unspecified atom stereocenters. The van der Waals surface area contributed by atoms with Crippen molar-refractivity contribution in [2.75, 3.05) is 0 Å². The first-order valence-corrected chi connectivity index (χ1v) is 5.26. The Labute approximate surface area is 95.0 Å². The van der Waals surface area contributed by atoms with Gasteiger partial charge in [0.15, 0.2) is 6.23 Å². The van der Waals surface area contributed by atoms with Crippen molar-refractivity contribution in [1.29, 1.82) is 0 Å². The largest absolute Gasteiger partial charge is 0.439 e. The fraction of sp³-hybridized carbons (Fsp3) is 0.800. The Morgan fingerprint density at radius 1 is 1.38 bits per heavy atom. The van der Waals surface area contributed by atoms with Crippen molar-refractivity contribution in [3.8, 4) is 0 Å². The third-order valence-electron chi connectivity index (χ3n) is 2.04. The van der Waals surface area contributed by atoms with Crippen LogP contribution in [-0.4, -0.2) is 26.2 Å². The molecule has 0 amide bonds. The molecule has 1 atom stereocenters. The first-order valence-electron chi connectivity index (χ1n) is 5.26. The van der Waals surface area contributed by atoms with Crippen molar-refractivity contribution >= 4 is 5.97 Å². The first-order chi connectivity index (χ1) is 7.32. The summed E-state index contributed by atoms with van der Waals surface area (Å²) in [6.45, 7) is 9.33. The molecule has 1 heterocycles. The Balaban J connectivity index is 2.78. The highest BCUT2D eigenvalue weighted by molar-refractivity contribution is 5.75. The molecule has 0 aliphatic carbocycles. The van der Waals surface area contributed by atoms with Crippen LogP contribution in [0.5, 0.6) is 0 Å². The number of rotatable bonds is 3. The van der Waals surface area contributed by atoms with Crippen LogP contribution >= 0.6 is 0 Å². The number of aromatic nitrogens is 4. The predicted octanol–water partition coefficient (Wildman–Crippen LogP) is 1.42. The normalized spacial score (nSPS) is 13.9. The van der Waals surface area contributed by atoms with Gasteiger partial charge in [0.05, 0.1) is 5.41 Å². The molecule has 0 N–H and O–H groups in total. The van der Waals surface area contributed by atoms with Crippen LogP contribution in [0.3, 0.4) is 0 Å². The zero-order valence-corrected chi connectivity index (χ0v) is 10.3. The molecule has 6 heteroatoms. The van der Waals surface area contributed by atoms with Crippen molar-refractivity contribution in [2.24, 2.45) is 11.3 Å². The lowest BCUT2D eigenvalue weighted by molar-refractivity contribution is -0.168. The zero-order valence-electron chi connectivity index (χ0n) is 10.3. The van der Waals surface area contributed by atoms with Gasteiger partial charge in [-0.25, -0.2) is 0 Å². The molecule has 0 aromatic carbocycles. The maximum atomic E-state index is 11.8. The molecule has 0 fully saturated rings. The van der Waals surface area contributed by atoms with Gasteiger partial charge in [0, 0.05) is 5.92 Å². The Morgan fingerprint density at radius 2 is 2.00 bits per heavy atom. The molecule has 0 bridgehead atoms. The lowest BCUT2D eigenvalue weighted by Crippen LogP contribution is -2.29. The molecule has 0 saturated carbocycles. The number of tetrazole rings is 1. The number of carbonyl (C=O) groups excluding carboxylic acids is 1. The van der Waals surface area contributed by atoms with Crippen molar-refractivity contribution < 1.29 is 9.53 Å². The molecule has 1 rings (SSSR count). The van der Waals surface area contributed by atoms with Crippen LogP contribution in [0.2, 0.25) is 0 Å². The Morgan fingerprint density at radius 3 is 2.38 bits per heavy atom. The average Bonchev–Trinajstić information content (AvgIpc) is 2.63. The molecule has 0 spiro atoms. The van der Waals surface area contributed by atoms with Crippen molar-refractivity contribution in [2.45, 2.75) is 40.8 Å².